The molecule has 0 amide bonds. The zero-order valence-corrected chi connectivity index (χ0v) is 13.1. The number of nitrogens with zero attached hydrogens (tertiary/aromatic N) is 2. The van der Waals surface area contributed by atoms with Gasteiger partial charge in [-0.1, -0.05) is 44.2 Å². The van der Waals surface area contributed by atoms with Crippen molar-refractivity contribution in [2.24, 2.45) is 11.3 Å². The number of thiazole rings is 1. The molecule has 3 heteroatoms. The van der Waals surface area contributed by atoms with Gasteiger partial charge in [0.15, 0.2) is 4.96 Å². The van der Waals surface area contributed by atoms with Crippen LogP contribution in [0.4, 0.5) is 0 Å². The Labute approximate surface area is 123 Å². The van der Waals surface area contributed by atoms with Gasteiger partial charge in [0.05, 0.1) is 15.9 Å². The fraction of sp³-hybridized carbons (Fsp3) is 0.471. The van der Waals surface area contributed by atoms with Crippen LogP contribution in [-0.4, -0.2) is 9.38 Å². The van der Waals surface area contributed by atoms with E-state index in [0.717, 1.165) is 12.3 Å². The van der Waals surface area contributed by atoms with Crippen molar-refractivity contribution in [2.75, 3.05) is 0 Å². The molecule has 1 aliphatic rings. The van der Waals surface area contributed by atoms with Gasteiger partial charge in [-0.05, 0) is 42.7 Å². The second-order valence-corrected chi connectivity index (χ2v) is 8.01. The summed E-state index contributed by atoms with van der Waals surface area (Å²) < 4.78 is 3.75. The Hall–Kier alpha value is -1.35. The molecule has 0 spiro atoms. The highest BCUT2D eigenvalue weighted by Crippen LogP contribution is 2.39. The minimum absolute atomic E-state index is 0.383. The number of hydrogen-bond donors (Lipinski definition) is 0. The number of fused-ring (bicyclic) bond motifs is 5. The largest absolute Gasteiger partial charge is 0.287 e. The third-order valence-corrected chi connectivity index (χ3v) is 5.75. The average molecular weight is 284 g/mol. The van der Waals surface area contributed by atoms with Gasteiger partial charge >= 0.3 is 0 Å². The number of hydrogen-bond acceptors (Lipinski definition) is 2. The first kappa shape index (κ1) is 12.4. The Balaban J connectivity index is 1.93. The monoisotopic (exact) mass is 284 g/mol. The molecule has 20 heavy (non-hydrogen) atoms. The van der Waals surface area contributed by atoms with E-state index in [-0.39, 0.29) is 0 Å². The molecule has 1 unspecified atom stereocenters. The molecular formula is C17H20N2S. The Morgan fingerprint density at radius 1 is 1.25 bits per heavy atom. The second kappa shape index (κ2) is 4.08. The molecule has 1 aliphatic carbocycles. The van der Waals surface area contributed by atoms with E-state index in [2.05, 4.69) is 49.4 Å². The van der Waals surface area contributed by atoms with Crippen molar-refractivity contribution in [3.63, 3.8) is 0 Å². The van der Waals surface area contributed by atoms with E-state index in [1.807, 2.05) is 11.3 Å². The Kier molecular flexibility index (Phi) is 2.53. The lowest BCUT2D eigenvalue weighted by atomic mass is 9.73. The maximum atomic E-state index is 4.89. The molecule has 1 atom stereocenters. The molecule has 104 valence electrons. The van der Waals surface area contributed by atoms with Crippen LogP contribution in [-0.2, 0) is 12.8 Å². The molecule has 2 nitrogen and oxygen atoms in total. The Bertz CT molecular complexity index is 788. The van der Waals surface area contributed by atoms with E-state index >= 15 is 0 Å². The predicted octanol–water partition coefficient (Wildman–Crippen LogP) is 4.70. The van der Waals surface area contributed by atoms with Crippen LogP contribution in [0.2, 0.25) is 0 Å². The number of rotatable bonds is 0. The van der Waals surface area contributed by atoms with Gasteiger partial charge in [-0.2, -0.15) is 0 Å². The predicted molar refractivity (Wildman–Crippen MR) is 85.5 cm³/mol. The van der Waals surface area contributed by atoms with Gasteiger partial charge in [0.1, 0.15) is 0 Å². The highest BCUT2D eigenvalue weighted by molar-refractivity contribution is 7.23. The molecule has 0 aliphatic heterocycles. The molecule has 0 N–H and O–H groups in total. The van der Waals surface area contributed by atoms with Gasteiger partial charge in [-0.15, -0.1) is 0 Å². The van der Waals surface area contributed by atoms with Gasteiger partial charge in [0, 0.05) is 5.69 Å². The van der Waals surface area contributed by atoms with Crippen LogP contribution in [0.15, 0.2) is 24.3 Å². The summed E-state index contributed by atoms with van der Waals surface area (Å²) in [4.78, 5) is 6.06. The summed E-state index contributed by atoms with van der Waals surface area (Å²) in [5, 5.41) is 0. The van der Waals surface area contributed by atoms with Crippen LogP contribution in [0, 0.1) is 11.3 Å². The van der Waals surface area contributed by atoms with E-state index in [1.54, 1.807) is 0 Å². The maximum Gasteiger partial charge on any atom is 0.195 e. The molecule has 4 rings (SSSR count). The van der Waals surface area contributed by atoms with E-state index in [0.29, 0.717) is 5.41 Å². The summed E-state index contributed by atoms with van der Waals surface area (Å²) in [5.41, 5.74) is 4.51. The molecule has 2 heterocycles. The first-order valence-corrected chi connectivity index (χ1v) is 8.23. The number of imidazole rings is 1. The van der Waals surface area contributed by atoms with E-state index < -0.39 is 0 Å². The standard InChI is InChI=1S/C17H20N2S/c1-17(2,3)11-8-9-12-14(10-11)19-13-6-4-5-7-15(13)20-16(19)18-12/h4-7,11H,8-10H2,1-3H3. The molecule has 2 aromatic heterocycles. The maximum absolute atomic E-state index is 4.89. The lowest BCUT2D eigenvalue weighted by molar-refractivity contribution is 0.213. The van der Waals surface area contributed by atoms with Crippen molar-refractivity contribution in [3.05, 3.63) is 35.7 Å². The highest BCUT2D eigenvalue weighted by atomic mass is 32.1. The molecular weight excluding hydrogens is 264 g/mol. The van der Waals surface area contributed by atoms with Crippen LogP contribution >= 0.6 is 11.3 Å². The number of para-hydroxylation sites is 1. The lowest BCUT2D eigenvalue weighted by Gasteiger charge is -2.33. The summed E-state index contributed by atoms with van der Waals surface area (Å²) >= 11 is 1.82. The minimum Gasteiger partial charge on any atom is -0.287 e. The SMILES string of the molecule is CC(C)(C)C1CCc2nc3sc4ccccc4n3c2C1. The van der Waals surface area contributed by atoms with Gasteiger partial charge in [-0.25, -0.2) is 4.98 Å². The minimum atomic E-state index is 0.383. The van der Waals surface area contributed by atoms with Gasteiger partial charge in [0.2, 0.25) is 0 Å². The molecule has 0 radical (unpaired) electrons. The quantitative estimate of drug-likeness (QED) is 0.585. The number of benzene rings is 1. The zero-order valence-electron chi connectivity index (χ0n) is 12.3. The van der Waals surface area contributed by atoms with E-state index in [9.17, 15) is 0 Å². The molecule has 3 aromatic rings. The van der Waals surface area contributed by atoms with Crippen molar-refractivity contribution < 1.29 is 0 Å². The first-order valence-electron chi connectivity index (χ1n) is 7.42. The normalized spacial score (nSPS) is 19.6. The van der Waals surface area contributed by atoms with Crippen molar-refractivity contribution in [1.82, 2.24) is 9.38 Å². The van der Waals surface area contributed by atoms with E-state index in [4.69, 9.17) is 4.98 Å². The van der Waals surface area contributed by atoms with Gasteiger partial charge < -0.3 is 0 Å². The van der Waals surface area contributed by atoms with Crippen LogP contribution in [0.25, 0.3) is 15.2 Å². The summed E-state index contributed by atoms with van der Waals surface area (Å²) in [7, 11) is 0. The number of aryl methyl sites for hydroxylation is 1. The van der Waals surface area contributed by atoms with Crippen molar-refractivity contribution >= 4 is 26.5 Å². The Morgan fingerprint density at radius 3 is 2.85 bits per heavy atom. The van der Waals surface area contributed by atoms with Crippen molar-refractivity contribution in [2.45, 2.75) is 40.0 Å². The number of aromatic nitrogens is 2. The molecule has 0 bridgehead atoms. The smallest absolute Gasteiger partial charge is 0.195 e. The summed E-state index contributed by atoms with van der Waals surface area (Å²) in [5.74, 6) is 0.758. The first-order chi connectivity index (χ1) is 9.54. The van der Waals surface area contributed by atoms with Crippen molar-refractivity contribution in [3.8, 4) is 0 Å². The fourth-order valence-corrected chi connectivity index (χ4v) is 4.48. The second-order valence-electron chi connectivity index (χ2n) is 7.00. The third-order valence-electron chi connectivity index (χ3n) is 4.73. The van der Waals surface area contributed by atoms with Gasteiger partial charge in [-0.3, -0.25) is 4.40 Å². The van der Waals surface area contributed by atoms with Crippen LogP contribution in [0.5, 0.6) is 0 Å². The highest BCUT2D eigenvalue weighted by Gasteiger charge is 2.31. The van der Waals surface area contributed by atoms with Crippen LogP contribution < -0.4 is 0 Å². The molecule has 0 saturated heterocycles. The molecule has 1 aromatic carbocycles. The molecule has 0 saturated carbocycles. The van der Waals surface area contributed by atoms with Crippen molar-refractivity contribution in [1.29, 1.82) is 0 Å². The fourth-order valence-electron chi connectivity index (χ4n) is 3.41. The zero-order chi connectivity index (χ0) is 13.9. The molecule has 0 fully saturated rings. The lowest BCUT2D eigenvalue weighted by Crippen LogP contribution is -2.27. The van der Waals surface area contributed by atoms with Gasteiger partial charge in [0.25, 0.3) is 0 Å². The Morgan fingerprint density at radius 2 is 2.05 bits per heavy atom. The average Bonchev–Trinajstić information content (AvgIpc) is 2.91. The van der Waals surface area contributed by atoms with Crippen LogP contribution in [0.3, 0.4) is 0 Å². The van der Waals surface area contributed by atoms with Crippen LogP contribution in [0.1, 0.15) is 38.6 Å². The third kappa shape index (κ3) is 1.72. The summed E-state index contributed by atoms with van der Waals surface area (Å²) in [6.45, 7) is 7.10. The van der Waals surface area contributed by atoms with E-state index in [1.165, 1.54) is 39.4 Å². The summed E-state index contributed by atoms with van der Waals surface area (Å²) in [6.07, 6.45) is 3.58. The topological polar surface area (TPSA) is 17.3 Å². The summed E-state index contributed by atoms with van der Waals surface area (Å²) in [6, 6.07) is 8.67.